The zero-order chi connectivity index (χ0) is 17.4. The van der Waals surface area contributed by atoms with Gasteiger partial charge < -0.3 is 9.47 Å². The molecule has 1 saturated carbocycles. The number of benzene rings is 1. The Bertz CT molecular complexity index is 720. The van der Waals surface area contributed by atoms with Crippen LogP contribution in [0.2, 0.25) is 0 Å². The highest BCUT2D eigenvalue weighted by Gasteiger charge is 2.54. The second-order valence-corrected chi connectivity index (χ2v) is 6.18. The van der Waals surface area contributed by atoms with Gasteiger partial charge in [0.15, 0.2) is 0 Å². The molecule has 0 atom stereocenters. The van der Waals surface area contributed by atoms with Gasteiger partial charge in [-0.25, -0.2) is 4.98 Å². The normalized spacial score (nSPS) is 16.0. The van der Waals surface area contributed by atoms with Gasteiger partial charge in [0.25, 0.3) is 0 Å². The fraction of sp³-hybridized carbons (Fsp3) is 0.412. The summed E-state index contributed by atoms with van der Waals surface area (Å²) in [5.41, 5.74) is -0.0421. The van der Waals surface area contributed by atoms with Crippen LogP contribution in [0.1, 0.15) is 24.2 Å². The fourth-order valence-electron chi connectivity index (χ4n) is 2.95. The standard InChI is InChI=1S/C17H18F3N3O/c1-22-10-9-21-14(22)11-23(12-17(18,19)20)15(24)16(7-8-16)13-5-3-2-4-6-13/h2-6,9-10H,7-8,11-12H2,1H3. The van der Waals surface area contributed by atoms with Crippen molar-refractivity contribution in [1.82, 2.24) is 14.5 Å². The topological polar surface area (TPSA) is 38.1 Å². The summed E-state index contributed by atoms with van der Waals surface area (Å²) in [7, 11) is 1.70. The first-order valence-electron chi connectivity index (χ1n) is 7.70. The Kier molecular flexibility index (Phi) is 4.11. The molecule has 1 aliphatic rings. The Morgan fingerprint density at radius 1 is 1.29 bits per heavy atom. The molecule has 0 unspecified atom stereocenters. The van der Waals surface area contributed by atoms with Crippen molar-refractivity contribution in [3.63, 3.8) is 0 Å². The van der Waals surface area contributed by atoms with Gasteiger partial charge in [0.05, 0.1) is 12.0 Å². The maximum atomic E-state index is 13.0. The molecule has 3 rings (SSSR count). The van der Waals surface area contributed by atoms with Crippen LogP contribution in [0.15, 0.2) is 42.7 Å². The van der Waals surface area contributed by atoms with Crippen LogP contribution in [-0.4, -0.2) is 33.1 Å². The van der Waals surface area contributed by atoms with Crippen LogP contribution in [0.4, 0.5) is 13.2 Å². The number of aryl methyl sites for hydroxylation is 1. The summed E-state index contributed by atoms with van der Waals surface area (Å²) >= 11 is 0. The Labute approximate surface area is 137 Å². The van der Waals surface area contributed by atoms with Gasteiger partial charge in [-0.1, -0.05) is 30.3 Å². The van der Waals surface area contributed by atoms with Crippen molar-refractivity contribution < 1.29 is 18.0 Å². The third-order valence-electron chi connectivity index (χ3n) is 4.40. The number of imidazole rings is 1. The molecule has 0 spiro atoms. The first-order chi connectivity index (χ1) is 11.3. The molecule has 7 heteroatoms. The molecule has 0 saturated heterocycles. The minimum absolute atomic E-state index is 0.156. The third-order valence-corrected chi connectivity index (χ3v) is 4.40. The molecule has 128 valence electrons. The van der Waals surface area contributed by atoms with E-state index >= 15 is 0 Å². The third kappa shape index (κ3) is 3.29. The molecule has 1 heterocycles. The predicted octanol–water partition coefficient (Wildman–Crippen LogP) is 3.04. The lowest BCUT2D eigenvalue weighted by molar-refractivity contribution is -0.164. The van der Waals surface area contributed by atoms with Crippen molar-refractivity contribution in [3.8, 4) is 0 Å². The van der Waals surface area contributed by atoms with Gasteiger partial charge in [0.2, 0.25) is 5.91 Å². The maximum Gasteiger partial charge on any atom is 0.406 e. The molecular formula is C17H18F3N3O. The van der Waals surface area contributed by atoms with E-state index < -0.39 is 24.0 Å². The lowest BCUT2D eigenvalue weighted by atomic mass is 9.94. The molecule has 1 aromatic heterocycles. The van der Waals surface area contributed by atoms with Gasteiger partial charge >= 0.3 is 6.18 Å². The molecule has 0 N–H and O–H groups in total. The summed E-state index contributed by atoms with van der Waals surface area (Å²) < 4.78 is 40.6. The van der Waals surface area contributed by atoms with Crippen molar-refractivity contribution in [3.05, 3.63) is 54.1 Å². The molecule has 0 bridgehead atoms. The van der Waals surface area contributed by atoms with Crippen LogP contribution >= 0.6 is 0 Å². The van der Waals surface area contributed by atoms with Crippen LogP contribution in [0.25, 0.3) is 0 Å². The molecule has 1 fully saturated rings. The molecular weight excluding hydrogens is 319 g/mol. The predicted molar refractivity (Wildman–Crippen MR) is 82.0 cm³/mol. The van der Waals surface area contributed by atoms with Crippen molar-refractivity contribution in [2.45, 2.75) is 31.0 Å². The Morgan fingerprint density at radius 2 is 1.96 bits per heavy atom. The van der Waals surface area contributed by atoms with Crippen molar-refractivity contribution in [2.24, 2.45) is 7.05 Å². The van der Waals surface area contributed by atoms with Crippen LogP contribution in [0, 0.1) is 0 Å². The smallest absolute Gasteiger partial charge is 0.337 e. The van der Waals surface area contributed by atoms with Crippen LogP contribution < -0.4 is 0 Å². The van der Waals surface area contributed by atoms with E-state index in [-0.39, 0.29) is 6.54 Å². The van der Waals surface area contributed by atoms with Gasteiger partial charge in [0.1, 0.15) is 12.4 Å². The molecule has 2 aromatic rings. The van der Waals surface area contributed by atoms with E-state index in [1.165, 1.54) is 6.20 Å². The first-order valence-corrected chi connectivity index (χ1v) is 7.70. The number of hydrogen-bond donors (Lipinski definition) is 0. The average Bonchev–Trinajstić information content (AvgIpc) is 3.25. The van der Waals surface area contributed by atoms with E-state index in [0.29, 0.717) is 18.7 Å². The number of aromatic nitrogens is 2. The molecule has 4 nitrogen and oxygen atoms in total. The fourth-order valence-corrected chi connectivity index (χ4v) is 2.95. The number of nitrogens with zero attached hydrogens (tertiary/aromatic N) is 3. The van der Waals surface area contributed by atoms with Crippen LogP contribution in [-0.2, 0) is 23.8 Å². The van der Waals surface area contributed by atoms with Crippen LogP contribution in [0.3, 0.4) is 0 Å². The van der Waals surface area contributed by atoms with Gasteiger partial charge in [-0.05, 0) is 18.4 Å². The number of alkyl halides is 3. The summed E-state index contributed by atoms with van der Waals surface area (Å²) in [4.78, 5) is 17.9. The van der Waals surface area contributed by atoms with Crippen molar-refractivity contribution in [2.75, 3.05) is 6.54 Å². The number of rotatable bonds is 5. The highest BCUT2D eigenvalue weighted by Crippen LogP contribution is 2.50. The quantitative estimate of drug-likeness (QED) is 0.841. The Hall–Kier alpha value is -2.31. The number of halogens is 3. The van der Waals surface area contributed by atoms with Gasteiger partial charge in [-0.2, -0.15) is 13.2 Å². The molecule has 24 heavy (non-hydrogen) atoms. The van der Waals surface area contributed by atoms with E-state index in [0.717, 1.165) is 10.5 Å². The van der Waals surface area contributed by atoms with Crippen molar-refractivity contribution >= 4 is 5.91 Å². The summed E-state index contributed by atoms with van der Waals surface area (Å²) in [5.74, 6) is -0.0505. The Morgan fingerprint density at radius 3 is 2.46 bits per heavy atom. The maximum absolute atomic E-state index is 13.0. The minimum Gasteiger partial charge on any atom is -0.337 e. The van der Waals surface area contributed by atoms with E-state index in [1.807, 2.05) is 6.07 Å². The van der Waals surface area contributed by atoms with E-state index in [4.69, 9.17) is 0 Å². The SMILES string of the molecule is Cn1ccnc1CN(CC(F)(F)F)C(=O)C1(c2ccccc2)CC1. The lowest BCUT2D eigenvalue weighted by Gasteiger charge is -2.28. The summed E-state index contributed by atoms with van der Waals surface area (Å²) in [6.45, 7) is -1.43. The number of carbonyl (C=O) groups is 1. The summed E-state index contributed by atoms with van der Waals surface area (Å²) in [6, 6.07) is 9.03. The molecule has 0 aliphatic heterocycles. The summed E-state index contributed by atoms with van der Waals surface area (Å²) in [6.07, 6.45) is -0.144. The Balaban J connectivity index is 1.88. The van der Waals surface area contributed by atoms with Gasteiger partial charge in [0, 0.05) is 19.4 Å². The highest BCUT2D eigenvalue weighted by atomic mass is 19.4. The zero-order valence-corrected chi connectivity index (χ0v) is 13.3. The average molecular weight is 337 g/mol. The van der Waals surface area contributed by atoms with E-state index in [1.54, 1.807) is 42.1 Å². The monoisotopic (exact) mass is 337 g/mol. The second kappa shape index (κ2) is 5.96. The van der Waals surface area contributed by atoms with E-state index in [2.05, 4.69) is 4.98 Å². The zero-order valence-electron chi connectivity index (χ0n) is 13.3. The highest BCUT2D eigenvalue weighted by molar-refractivity contribution is 5.91. The largest absolute Gasteiger partial charge is 0.406 e. The van der Waals surface area contributed by atoms with Crippen LogP contribution in [0.5, 0.6) is 0 Å². The molecule has 1 amide bonds. The summed E-state index contributed by atoms with van der Waals surface area (Å²) in [5, 5.41) is 0. The van der Waals surface area contributed by atoms with Gasteiger partial charge in [-0.15, -0.1) is 0 Å². The lowest BCUT2D eigenvalue weighted by Crippen LogP contribution is -2.44. The van der Waals surface area contributed by atoms with Gasteiger partial charge in [-0.3, -0.25) is 4.79 Å². The second-order valence-electron chi connectivity index (χ2n) is 6.18. The minimum atomic E-state index is -4.45. The molecule has 1 aromatic carbocycles. The number of amides is 1. The number of hydrogen-bond acceptors (Lipinski definition) is 2. The molecule has 1 aliphatic carbocycles. The molecule has 0 radical (unpaired) electrons. The van der Waals surface area contributed by atoms with E-state index in [9.17, 15) is 18.0 Å². The first kappa shape index (κ1) is 16.5. The van der Waals surface area contributed by atoms with Crippen molar-refractivity contribution in [1.29, 1.82) is 0 Å². The number of carbonyl (C=O) groups excluding carboxylic acids is 1.